The Labute approximate surface area is 87.3 Å². The van der Waals surface area contributed by atoms with Crippen LogP contribution in [0.15, 0.2) is 0 Å². The van der Waals surface area contributed by atoms with E-state index in [1.807, 2.05) is 0 Å². The molecular weight excluding hydrogens is 172 g/mol. The lowest BCUT2D eigenvalue weighted by Crippen LogP contribution is -2.56. The molecule has 0 bridgehead atoms. The topological polar surface area (TPSA) is 6.48 Å². The van der Waals surface area contributed by atoms with Crippen molar-refractivity contribution in [3.63, 3.8) is 0 Å². The van der Waals surface area contributed by atoms with Crippen LogP contribution in [0.5, 0.6) is 0 Å². The summed E-state index contributed by atoms with van der Waals surface area (Å²) in [5.74, 6) is 0. The van der Waals surface area contributed by atoms with Gasteiger partial charge in [-0.15, -0.1) is 0 Å². The highest BCUT2D eigenvalue weighted by Crippen LogP contribution is 2.34. The second-order valence-corrected chi connectivity index (χ2v) is 5.28. The van der Waals surface area contributed by atoms with Gasteiger partial charge in [0.15, 0.2) is 0 Å². The van der Waals surface area contributed by atoms with Crippen LogP contribution in [-0.4, -0.2) is 47.6 Å². The maximum Gasteiger partial charge on any atom is 0.0227 e. The van der Waals surface area contributed by atoms with E-state index in [4.69, 9.17) is 0 Å². The minimum absolute atomic E-state index is 0.872. The normalized spacial score (nSPS) is 40.1. The zero-order valence-corrected chi connectivity index (χ0v) is 9.28. The first-order valence-electron chi connectivity index (χ1n) is 6.38. The molecule has 80 valence electrons. The first-order valence-corrected chi connectivity index (χ1v) is 6.38. The van der Waals surface area contributed by atoms with Crippen molar-refractivity contribution in [1.82, 2.24) is 9.80 Å². The van der Waals surface area contributed by atoms with E-state index < -0.39 is 0 Å². The number of piperazine rings is 1. The van der Waals surface area contributed by atoms with Gasteiger partial charge in [-0.25, -0.2) is 0 Å². The highest BCUT2D eigenvalue weighted by molar-refractivity contribution is 4.97. The first kappa shape index (κ1) is 9.17. The molecule has 0 amide bonds. The Bertz CT molecular complexity index is 212. The molecule has 2 saturated heterocycles. The molecule has 0 aromatic rings. The highest BCUT2D eigenvalue weighted by Gasteiger charge is 2.40. The fourth-order valence-electron chi connectivity index (χ4n) is 3.36. The fourth-order valence-corrected chi connectivity index (χ4v) is 3.36. The molecule has 3 fully saturated rings. The van der Waals surface area contributed by atoms with E-state index >= 15 is 0 Å². The maximum atomic E-state index is 2.79. The molecule has 3 rings (SSSR count). The van der Waals surface area contributed by atoms with Crippen molar-refractivity contribution >= 4 is 0 Å². The summed E-state index contributed by atoms with van der Waals surface area (Å²) in [4.78, 5) is 5.57. The molecule has 3 aliphatic rings. The van der Waals surface area contributed by atoms with E-state index in [2.05, 4.69) is 16.7 Å². The molecule has 1 saturated carbocycles. The first-order chi connectivity index (χ1) is 6.88. The molecule has 2 heteroatoms. The lowest BCUT2D eigenvalue weighted by Gasteiger charge is -2.43. The average molecular weight is 194 g/mol. The number of nitrogens with zero attached hydrogens (tertiary/aromatic N) is 2. The van der Waals surface area contributed by atoms with E-state index in [1.165, 1.54) is 51.7 Å². The van der Waals surface area contributed by atoms with Gasteiger partial charge in [0.1, 0.15) is 0 Å². The second-order valence-electron chi connectivity index (χ2n) is 5.28. The SMILES string of the molecule is CCC1CN(C2CC2)CC2CCCN12. The van der Waals surface area contributed by atoms with Crippen molar-refractivity contribution in [1.29, 1.82) is 0 Å². The van der Waals surface area contributed by atoms with Crippen molar-refractivity contribution in [2.75, 3.05) is 19.6 Å². The standard InChI is InChI=1S/C12H22N2/c1-2-10-8-13(11-5-6-11)9-12-4-3-7-14(10)12/h10-12H,2-9H2,1H3. The summed E-state index contributed by atoms with van der Waals surface area (Å²) < 4.78 is 0. The number of rotatable bonds is 2. The van der Waals surface area contributed by atoms with Crippen LogP contribution >= 0.6 is 0 Å². The fraction of sp³-hybridized carbons (Fsp3) is 1.00. The Morgan fingerprint density at radius 3 is 2.64 bits per heavy atom. The summed E-state index contributed by atoms with van der Waals surface area (Å²) in [6.07, 6.45) is 7.20. The summed E-state index contributed by atoms with van der Waals surface area (Å²) in [7, 11) is 0. The Balaban J connectivity index is 1.71. The Morgan fingerprint density at radius 2 is 1.93 bits per heavy atom. The van der Waals surface area contributed by atoms with Crippen LogP contribution in [0, 0.1) is 0 Å². The van der Waals surface area contributed by atoms with E-state index in [1.54, 1.807) is 0 Å². The van der Waals surface area contributed by atoms with Gasteiger partial charge in [-0.1, -0.05) is 6.92 Å². The number of hydrogen-bond donors (Lipinski definition) is 0. The van der Waals surface area contributed by atoms with E-state index in [0.29, 0.717) is 0 Å². The molecule has 2 heterocycles. The second kappa shape index (κ2) is 3.49. The smallest absolute Gasteiger partial charge is 0.0227 e. The number of hydrogen-bond acceptors (Lipinski definition) is 2. The van der Waals surface area contributed by atoms with E-state index in [0.717, 1.165) is 18.1 Å². The molecule has 0 aromatic heterocycles. The van der Waals surface area contributed by atoms with Crippen LogP contribution in [0.25, 0.3) is 0 Å². The van der Waals surface area contributed by atoms with Gasteiger partial charge in [-0.2, -0.15) is 0 Å². The van der Waals surface area contributed by atoms with Gasteiger partial charge in [0.2, 0.25) is 0 Å². The summed E-state index contributed by atoms with van der Waals surface area (Å²) in [5, 5.41) is 0. The van der Waals surface area contributed by atoms with Crippen molar-refractivity contribution < 1.29 is 0 Å². The molecule has 2 nitrogen and oxygen atoms in total. The molecule has 2 unspecified atom stereocenters. The minimum atomic E-state index is 0.872. The molecule has 0 N–H and O–H groups in total. The minimum Gasteiger partial charge on any atom is -0.297 e. The molecule has 14 heavy (non-hydrogen) atoms. The van der Waals surface area contributed by atoms with Gasteiger partial charge in [0.25, 0.3) is 0 Å². The maximum absolute atomic E-state index is 2.79. The van der Waals surface area contributed by atoms with Crippen molar-refractivity contribution in [2.24, 2.45) is 0 Å². The van der Waals surface area contributed by atoms with Gasteiger partial charge in [0, 0.05) is 31.2 Å². The van der Waals surface area contributed by atoms with Crippen LogP contribution in [-0.2, 0) is 0 Å². The van der Waals surface area contributed by atoms with Crippen LogP contribution in [0.2, 0.25) is 0 Å². The van der Waals surface area contributed by atoms with E-state index in [-0.39, 0.29) is 0 Å². The lowest BCUT2D eigenvalue weighted by molar-refractivity contribution is 0.0440. The van der Waals surface area contributed by atoms with Crippen LogP contribution < -0.4 is 0 Å². The van der Waals surface area contributed by atoms with Crippen molar-refractivity contribution in [2.45, 2.75) is 57.2 Å². The Morgan fingerprint density at radius 1 is 1.07 bits per heavy atom. The van der Waals surface area contributed by atoms with Crippen LogP contribution in [0.4, 0.5) is 0 Å². The summed E-state index contributed by atoms with van der Waals surface area (Å²) in [6.45, 7) is 6.47. The van der Waals surface area contributed by atoms with Crippen LogP contribution in [0.3, 0.4) is 0 Å². The van der Waals surface area contributed by atoms with Gasteiger partial charge in [0.05, 0.1) is 0 Å². The quantitative estimate of drug-likeness (QED) is 0.660. The van der Waals surface area contributed by atoms with E-state index in [9.17, 15) is 0 Å². The third kappa shape index (κ3) is 1.49. The highest BCUT2D eigenvalue weighted by atomic mass is 15.3. The molecule has 2 aliphatic heterocycles. The predicted molar refractivity (Wildman–Crippen MR) is 58.4 cm³/mol. The van der Waals surface area contributed by atoms with Crippen molar-refractivity contribution in [3.8, 4) is 0 Å². The summed E-state index contributed by atoms with van der Waals surface area (Å²) >= 11 is 0. The predicted octanol–water partition coefficient (Wildman–Crippen LogP) is 1.71. The largest absolute Gasteiger partial charge is 0.297 e. The van der Waals surface area contributed by atoms with Crippen molar-refractivity contribution in [3.05, 3.63) is 0 Å². The molecule has 0 spiro atoms. The molecule has 1 aliphatic carbocycles. The average Bonchev–Trinajstić information content (AvgIpc) is 2.95. The zero-order chi connectivity index (χ0) is 9.54. The van der Waals surface area contributed by atoms with Gasteiger partial charge < -0.3 is 0 Å². The Kier molecular flexibility index (Phi) is 2.29. The third-order valence-electron chi connectivity index (χ3n) is 4.32. The molecular formula is C12H22N2. The third-order valence-corrected chi connectivity index (χ3v) is 4.32. The molecule has 0 radical (unpaired) electrons. The summed E-state index contributed by atoms with van der Waals surface area (Å²) in [6, 6.07) is 2.76. The Hall–Kier alpha value is -0.0800. The lowest BCUT2D eigenvalue weighted by atomic mass is 10.1. The molecule has 2 atom stereocenters. The summed E-state index contributed by atoms with van der Waals surface area (Å²) in [5.41, 5.74) is 0. The van der Waals surface area contributed by atoms with Gasteiger partial charge in [-0.05, 0) is 38.6 Å². The molecule has 0 aromatic carbocycles. The number of fused-ring (bicyclic) bond motifs is 1. The van der Waals surface area contributed by atoms with Gasteiger partial charge in [-0.3, -0.25) is 9.80 Å². The van der Waals surface area contributed by atoms with Gasteiger partial charge >= 0.3 is 0 Å². The monoisotopic (exact) mass is 194 g/mol. The van der Waals surface area contributed by atoms with Crippen LogP contribution in [0.1, 0.15) is 39.0 Å². The zero-order valence-electron chi connectivity index (χ0n) is 9.28.